The molecule has 0 saturated heterocycles. The van der Waals surface area contributed by atoms with Crippen molar-refractivity contribution < 1.29 is 0 Å². The Labute approximate surface area is 818 Å². The van der Waals surface area contributed by atoms with Crippen molar-refractivity contribution >= 4 is 0 Å². The molecule has 2 fully saturated rings. The first-order valence-electron chi connectivity index (χ1n) is 50.3. The van der Waals surface area contributed by atoms with Gasteiger partial charge in [-0.25, -0.2) is 0 Å². The first-order valence-corrected chi connectivity index (χ1v) is 50.3. The van der Waals surface area contributed by atoms with Crippen molar-refractivity contribution in [1.82, 2.24) is 0 Å². The Balaban J connectivity index is 0.0000000967. The molecule has 0 heteroatoms. The van der Waals surface area contributed by atoms with E-state index < -0.39 is 0 Å². The van der Waals surface area contributed by atoms with Crippen molar-refractivity contribution in [2.24, 2.45) is 0 Å². The van der Waals surface area contributed by atoms with Gasteiger partial charge in [0.25, 0.3) is 0 Å². The summed E-state index contributed by atoms with van der Waals surface area (Å²) in [5.74, 6) is 0. The lowest BCUT2D eigenvalue weighted by molar-refractivity contribution is 0.352. The van der Waals surface area contributed by atoms with Gasteiger partial charge in [-0.05, 0) is 289 Å². The molecule has 8 aliphatic carbocycles. The molecule has 0 bridgehead atoms. The van der Waals surface area contributed by atoms with E-state index >= 15 is 0 Å². The first-order chi connectivity index (χ1) is 67.5. The predicted octanol–water partition coefficient (Wildman–Crippen LogP) is 35.7. The van der Waals surface area contributed by atoms with Crippen LogP contribution in [0.2, 0.25) is 0 Å². The van der Waals surface area contributed by atoms with Gasteiger partial charge in [0.05, 0.1) is 5.41 Å². The van der Waals surface area contributed by atoms with E-state index in [4.69, 9.17) is 0 Å². The van der Waals surface area contributed by atoms with E-state index in [9.17, 15) is 0 Å². The normalized spacial score (nSPS) is 18.2. The zero-order valence-corrected chi connectivity index (χ0v) is 81.2. The molecule has 19 aromatic rings. The molecule has 672 valence electrons. The molecule has 4 unspecified atom stereocenters. The molecular weight excluding hydrogens is 1660 g/mol. The number of rotatable bonds is 7. The molecule has 0 aliphatic heterocycles. The third kappa shape index (κ3) is 14.8. The van der Waals surface area contributed by atoms with Crippen LogP contribution in [0.4, 0.5) is 0 Å². The van der Waals surface area contributed by atoms with Crippen LogP contribution in [0.25, 0.3) is 89.0 Å². The third-order valence-corrected chi connectivity index (χ3v) is 32.7. The van der Waals surface area contributed by atoms with Crippen LogP contribution in [0.3, 0.4) is 0 Å². The lowest BCUT2D eigenvalue weighted by Crippen LogP contribution is -2.28. The smallest absolute Gasteiger partial charge is 0.0622 e. The molecule has 19 aromatic carbocycles. The quantitative estimate of drug-likeness (QED) is 0.149. The molecule has 0 N–H and O–H groups in total. The van der Waals surface area contributed by atoms with Crippen molar-refractivity contribution in [1.29, 1.82) is 0 Å². The summed E-state index contributed by atoms with van der Waals surface area (Å²) in [7, 11) is 0. The topological polar surface area (TPSA) is 0 Å². The summed E-state index contributed by atoms with van der Waals surface area (Å²) >= 11 is 0. The van der Waals surface area contributed by atoms with Gasteiger partial charge in [0.15, 0.2) is 0 Å². The lowest BCUT2D eigenvalue weighted by Gasteiger charge is -2.36. The standard InChI is InChI=1S/C32H24.C27H22.2C21H18.C19H20.C18H18/c1-23-11-10-18-30-31(23)28-16-8-9-17-29(28)32(30,26-14-6-3-7-15-26)27-21-19-25(20-22-27)24-12-4-2-5-13-24;1-19-13-15-23-24-16-14-21(20-9-5-3-6-10-20)18-26(24)27(2,25(23)17-19)22-11-7-4-8-12-22;1-15-9-8-14-19-20(15)17-12-6-7-13-18(17)21(19,2)16-10-4-3-5-11-16;1-15-12-13-18-17-10-6-7-11-19(17)21(2,20(18)14-15)16-8-4-3-5-9-16;1-14-9-10-16-15-7-3-4-8-17(15)19(18(16)13-14)11-5-2-6-12-19;1-13-8-9-15-14-6-2-3-7-16(14)18(17(15)12-13)10-4-5-11-18/h2-22H,1H3;3-18H,1-2H3;2*3-14H,1-2H3;3-4,7-10,13H,2,5-6,11-12H2,1H3;2-3,6-9,12H,4-5,10-11H2,1H3. The molecule has 0 radical (unpaired) electrons. The van der Waals surface area contributed by atoms with Crippen molar-refractivity contribution in [2.75, 3.05) is 0 Å². The predicted molar refractivity (Wildman–Crippen MR) is 582 cm³/mol. The van der Waals surface area contributed by atoms with Crippen molar-refractivity contribution in [2.45, 2.75) is 153 Å². The summed E-state index contributed by atoms with van der Waals surface area (Å²) in [5.41, 5.74) is 54.5. The third-order valence-electron chi connectivity index (χ3n) is 32.7. The summed E-state index contributed by atoms with van der Waals surface area (Å²) in [6, 6.07) is 167. The van der Waals surface area contributed by atoms with Crippen LogP contribution in [0, 0.1) is 41.5 Å². The molecule has 2 spiro atoms. The average Bonchev–Trinajstić information content (AvgIpc) is 1.70. The van der Waals surface area contributed by atoms with E-state index in [0.717, 1.165) is 0 Å². The number of aryl methyl sites for hydroxylation is 6. The van der Waals surface area contributed by atoms with Crippen molar-refractivity contribution in [3.63, 3.8) is 0 Å². The van der Waals surface area contributed by atoms with Crippen LogP contribution in [0.1, 0.15) is 207 Å². The molecule has 0 aromatic heterocycles. The summed E-state index contributed by atoms with van der Waals surface area (Å²) in [6.07, 6.45) is 12.2. The number of fused-ring (bicyclic) bond motifs is 22. The molecule has 27 rings (SSSR count). The highest BCUT2D eigenvalue weighted by Crippen LogP contribution is 2.62. The highest BCUT2D eigenvalue weighted by atomic mass is 14.5. The molecule has 0 heterocycles. The Kier molecular flexibility index (Phi) is 23.3. The van der Waals surface area contributed by atoms with E-state index in [1.165, 1.54) is 253 Å². The Morgan fingerprint density at radius 1 is 0.159 bits per heavy atom. The maximum absolute atomic E-state index is 2.45. The number of hydrogen-bond donors (Lipinski definition) is 0. The maximum Gasteiger partial charge on any atom is 0.0713 e. The minimum absolute atomic E-state index is 0.0563. The molecule has 4 atom stereocenters. The minimum Gasteiger partial charge on any atom is -0.0622 e. The van der Waals surface area contributed by atoms with Crippen LogP contribution in [0.15, 0.2) is 455 Å². The molecular formula is C138H120. The summed E-state index contributed by atoms with van der Waals surface area (Å²) in [6.45, 7) is 20.3. The number of benzene rings is 19. The van der Waals surface area contributed by atoms with Crippen LogP contribution in [0.5, 0.6) is 0 Å². The van der Waals surface area contributed by atoms with E-state index in [0.29, 0.717) is 10.8 Å². The molecule has 0 amide bonds. The highest BCUT2D eigenvalue weighted by molar-refractivity contribution is 5.92. The minimum atomic E-state index is -0.325. The number of hydrogen-bond acceptors (Lipinski definition) is 0. The zero-order valence-electron chi connectivity index (χ0n) is 81.2. The average molecular weight is 1780 g/mol. The molecule has 0 nitrogen and oxygen atoms in total. The second kappa shape index (κ2) is 36.3. The maximum atomic E-state index is 2.45. The SMILES string of the molecule is Cc1ccc2c(c1)C(C)(c1ccccc1)c1cc(-c3ccccc3)ccc1-2.Cc1ccc2c(c1)C(C)(c1ccccc1)c1ccccc1-2.Cc1ccc2c(c1)C1(CCCC1)c1ccccc1-2.Cc1ccc2c(c1)C1(CCCCC1)c1ccccc1-2.Cc1cccc2c1-c1ccccc1C2(C)c1ccccc1.Cc1cccc2c1-c1ccccc1C2(c1ccccc1)c1ccc(-c2ccccc2)cc1. The highest BCUT2D eigenvalue weighted by Gasteiger charge is 2.50. The largest absolute Gasteiger partial charge is 0.0713 e. The molecule has 8 aliphatic rings. The lowest BCUT2D eigenvalue weighted by atomic mass is 9.67. The Morgan fingerprint density at radius 2 is 0.420 bits per heavy atom. The fourth-order valence-corrected chi connectivity index (χ4v) is 25.9. The van der Waals surface area contributed by atoms with Crippen LogP contribution in [-0.2, 0) is 32.5 Å². The van der Waals surface area contributed by atoms with E-state index in [-0.39, 0.29) is 21.7 Å². The van der Waals surface area contributed by atoms with Gasteiger partial charge in [0.2, 0.25) is 0 Å². The van der Waals surface area contributed by atoms with E-state index in [1.54, 1.807) is 22.3 Å². The second-order valence-corrected chi connectivity index (χ2v) is 40.5. The fraction of sp³-hybridized carbons (Fsp3) is 0.174. The van der Waals surface area contributed by atoms with Gasteiger partial charge in [-0.1, -0.05) is 503 Å². The zero-order chi connectivity index (χ0) is 93.9. The van der Waals surface area contributed by atoms with Gasteiger partial charge in [-0.2, -0.15) is 0 Å². The van der Waals surface area contributed by atoms with Crippen LogP contribution >= 0.6 is 0 Å². The monoisotopic (exact) mass is 1780 g/mol. The van der Waals surface area contributed by atoms with Gasteiger partial charge in [-0.3, -0.25) is 0 Å². The van der Waals surface area contributed by atoms with E-state index in [1.807, 2.05) is 0 Å². The van der Waals surface area contributed by atoms with Crippen molar-refractivity contribution in [3.05, 3.63) is 583 Å². The van der Waals surface area contributed by atoms with Gasteiger partial charge in [-0.15, -0.1) is 0 Å². The van der Waals surface area contributed by atoms with Gasteiger partial charge < -0.3 is 0 Å². The Hall–Kier alpha value is -14.8. The Morgan fingerprint density at radius 3 is 0.862 bits per heavy atom. The summed E-state index contributed by atoms with van der Waals surface area (Å²) in [5, 5.41) is 0. The van der Waals surface area contributed by atoms with Gasteiger partial charge in [0, 0.05) is 27.1 Å². The van der Waals surface area contributed by atoms with E-state index in [2.05, 4.69) is 517 Å². The molecule has 2 saturated carbocycles. The van der Waals surface area contributed by atoms with Crippen LogP contribution in [-0.4, -0.2) is 0 Å². The molecule has 138 heavy (non-hydrogen) atoms. The van der Waals surface area contributed by atoms with Crippen molar-refractivity contribution in [3.8, 4) is 89.0 Å². The second-order valence-electron chi connectivity index (χ2n) is 40.5. The Bertz CT molecular complexity index is 7690. The van der Waals surface area contributed by atoms with Gasteiger partial charge >= 0.3 is 0 Å². The first kappa shape index (κ1) is 88.5. The van der Waals surface area contributed by atoms with Gasteiger partial charge in [0.1, 0.15) is 0 Å². The van der Waals surface area contributed by atoms with Crippen LogP contribution < -0.4 is 0 Å². The fourth-order valence-electron chi connectivity index (χ4n) is 25.9. The summed E-state index contributed by atoms with van der Waals surface area (Å²) < 4.78 is 0. The summed E-state index contributed by atoms with van der Waals surface area (Å²) in [4.78, 5) is 0.